The molecule has 1 saturated carbocycles. The summed E-state index contributed by atoms with van der Waals surface area (Å²) >= 11 is 0. The Hall–Kier alpha value is -1.66. The number of rotatable bonds is 8. The number of aliphatic hydroxyl groups excluding tert-OH is 1. The van der Waals surface area contributed by atoms with Crippen LogP contribution in [0.25, 0.3) is 11.4 Å². The van der Waals surface area contributed by atoms with Gasteiger partial charge in [-0.15, -0.1) is 0 Å². The SMILES string of the molecule is OCCCCN(Cc1nc(-c2ccoc2)no1)C1CC1. The second-order valence-corrected chi connectivity index (χ2v) is 5.16. The molecule has 1 N–H and O–H groups in total. The number of furan rings is 1. The first-order chi connectivity index (χ1) is 9.86. The third kappa shape index (κ3) is 3.26. The number of unbranched alkanes of at least 4 members (excludes halogenated alkanes) is 1. The molecular formula is C14H19N3O3. The molecule has 0 amide bonds. The largest absolute Gasteiger partial charge is 0.472 e. The molecule has 2 heterocycles. The molecule has 0 aromatic carbocycles. The van der Waals surface area contributed by atoms with Crippen LogP contribution in [-0.4, -0.2) is 39.3 Å². The van der Waals surface area contributed by atoms with Gasteiger partial charge in [0.25, 0.3) is 0 Å². The molecule has 1 fully saturated rings. The van der Waals surface area contributed by atoms with E-state index in [4.69, 9.17) is 14.0 Å². The molecule has 2 aromatic rings. The van der Waals surface area contributed by atoms with Crippen molar-refractivity contribution in [1.82, 2.24) is 15.0 Å². The average molecular weight is 277 g/mol. The summed E-state index contributed by atoms with van der Waals surface area (Å²) in [7, 11) is 0. The van der Waals surface area contributed by atoms with Gasteiger partial charge in [-0.3, -0.25) is 4.90 Å². The van der Waals surface area contributed by atoms with E-state index in [0.717, 1.165) is 24.9 Å². The van der Waals surface area contributed by atoms with Gasteiger partial charge in [-0.1, -0.05) is 5.16 Å². The highest BCUT2D eigenvalue weighted by atomic mass is 16.5. The van der Waals surface area contributed by atoms with Crippen molar-refractivity contribution in [3.8, 4) is 11.4 Å². The molecule has 2 aromatic heterocycles. The lowest BCUT2D eigenvalue weighted by atomic mass is 10.3. The molecule has 0 spiro atoms. The zero-order valence-corrected chi connectivity index (χ0v) is 11.4. The Labute approximate surface area is 117 Å². The summed E-state index contributed by atoms with van der Waals surface area (Å²) < 4.78 is 10.3. The van der Waals surface area contributed by atoms with E-state index in [9.17, 15) is 0 Å². The number of aliphatic hydroxyl groups is 1. The first-order valence-electron chi connectivity index (χ1n) is 7.07. The van der Waals surface area contributed by atoms with E-state index in [0.29, 0.717) is 24.3 Å². The van der Waals surface area contributed by atoms with E-state index in [1.165, 1.54) is 12.8 Å². The van der Waals surface area contributed by atoms with Crippen LogP contribution in [0.4, 0.5) is 0 Å². The van der Waals surface area contributed by atoms with Crippen LogP contribution in [0.1, 0.15) is 31.6 Å². The van der Waals surface area contributed by atoms with Crippen LogP contribution < -0.4 is 0 Å². The van der Waals surface area contributed by atoms with Gasteiger partial charge in [0.15, 0.2) is 0 Å². The number of nitrogens with zero attached hydrogens (tertiary/aromatic N) is 3. The molecule has 0 bridgehead atoms. The highest BCUT2D eigenvalue weighted by Gasteiger charge is 2.29. The van der Waals surface area contributed by atoms with E-state index in [2.05, 4.69) is 15.0 Å². The van der Waals surface area contributed by atoms with Gasteiger partial charge in [0.1, 0.15) is 6.26 Å². The second kappa shape index (κ2) is 6.19. The summed E-state index contributed by atoms with van der Waals surface area (Å²) in [5.74, 6) is 1.21. The Bertz CT molecular complexity index is 520. The first kappa shape index (κ1) is 13.3. The summed E-state index contributed by atoms with van der Waals surface area (Å²) in [5, 5.41) is 12.8. The van der Waals surface area contributed by atoms with Crippen LogP contribution in [-0.2, 0) is 6.54 Å². The van der Waals surface area contributed by atoms with Gasteiger partial charge < -0.3 is 14.0 Å². The maximum atomic E-state index is 8.86. The van der Waals surface area contributed by atoms with Crippen molar-refractivity contribution in [2.75, 3.05) is 13.2 Å². The monoisotopic (exact) mass is 277 g/mol. The normalized spacial score (nSPS) is 15.1. The molecule has 20 heavy (non-hydrogen) atoms. The molecule has 3 rings (SSSR count). The Kier molecular flexibility index (Phi) is 4.13. The molecule has 0 atom stereocenters. The van der Waals surface area contributed by atoms with E-state index in [1.807, 2.05) is 6.07 Å². The van der Waals surface area contributed by atoms with Crippen molar-refractivity contribution in [2.24, 2.45) is 0 Å². The van der Waals surface area contributed by atoms with E-state index in [1.54, 1.807) is 12.5 Å². The molecule has 0 unspecified atom stereocenters. The predicted octanol–water partition coefficient (Wildman–Crippen LogP) is 2.07. The fraction of sp³-hybridized carbons (Fsp3) is 0.571. The molecule has 0 radical (unpaired) electrons. The number of hydrogen-bond acceptors (Lipinski definition) is 6. The first-order valence-corrected chi connectivity index (χ1v) is 7.07. The van der Waals surface area contributed by atoms with Crippen LogP contribution in [0.15, 0.2) is 27.5 Å². The third-order valence-electron chi connectivity index (χ3n) is 3.50. The standard InChI is InChI=1S/C14H19N3O3/c18-7-2-1-6-17(12-3-4-12)9-13-15-14(16-20-13)11-5-8-19-10-11/h5,8,10,12,18H,1-4,6-7,9H2. The second-order valence-electron chi connectivity index (χ2n) is 5.16. The van der Waals surface area contributed by atoms with Crippen molar-refractivity contribution >= 4 is 0 Å². The Morgan fingerprint density at radius 1 is 1.35 bits per heavy atom. The Morgan fingerprint density at radius 3 is 2.95 bits per heavy atom. The topological polar surface area (TPSA) is 75.5 Å². The van der Waals surface area contributed by atoms with Crippen molar-refractivity contribution in [3.63, 3.8) is 0 Å². The van der Waals surface area contributed by atoms with Crippen LogP contribution in [0, 0.1) is 0 Å². The van der Waals surface area contributed by atoms with Gasteiger partial charge in [0.05, 0.1) is 18.4 Å². The maximum Gasteiger partial charge on any atom is 0.241 e. The lowest BCUT2D eigenvalue weighted by Crippen LogP contribution is -2.27. The van der Waals surface area contributed by atoms with Crippen molar-refractivity contribution in [2.45, 2.75) is 38.3 Å². The maximum absolute atomic E-state index is 8.86. The fourth-order valence-electron chi connectivity index (χ4n) is 2.26. The van der Waals surface area contributed by atoms with E-state index < -0.39 is 0 Å². The summed E-state index contributed by atoms with van der Waals surface area (Å²) in [6.45, 7) is 1.90. The molecule has 1 aliphatic carbocycles. The zero-order chi connectivity index (χ0) is 13.8. The molecule has 1 aliphatic rings. The number of aromatic nitrogens is 2. The minimum Gasteiger partial charge on any atom is -0.472 e. The van der Waals surface area contributed by atoms with E-state index in [-0.39, 0.29) is 6.61 Å². The Balaban J connectivity index is 1.60. The average Bonchev–Trinajstić information content (AvgIpc) is 2.97. The predicted molar refractivity (Wildman–Crippen MR) is 71.8 cm³/mol. The van der Waals surface area contributed by atoms with Crippen LogP contribution in [0.2, 0.25) is 0 Å². The smallest absolute Gasteiger partial charge is 0.241 e. The molecule has 108 valence electrons. The minimum absolute atomic E-state index is 0.254. The Morgan fingerprint density at radius 2 is 2.25 bits per heavy atom. The molecule has 0 saturated heterocycles. The summed E-state index contributed by atoms with van der Waals surface area (Å²) in [4.78, 5) is 6.77. The lowest BCUT2D eigenvalue weighted by Gasteiger charge is -2.19. The minimum atomic E-state index is 0.254. The third-order valence-corrected chi connectivity index (χ3v) is 3.50. The van der Waals surface area contributed by atoms with Crippen molar-refractivity contribution in [1.29, 1.82) is 0 Å². The summed E-state index contributed by atoms with van der Waals surface area (Å²) in [6, 6.07) is 2.45. The molecule has 6 heteroatoms. The quantitative estimate of drug-likeness (QED) is 0.744. The zero-order valence-electron chi connectivity index (χ0n) is 11.4. The van der Waals surface area contributed by atoms with Gasteiger partial charge in [-0.2, -0.15) is 4.98 Å². The van der Waals surface area contributed by atoms with E-state index >= 15 is 0 Å². The molecular weight excluding hydrogens is 258 g/mol. The van der Waals surface area contributed by atoms with Crippen LogP contribution in [0.5, 0.6) is 0 Å². The number of hydrogen-bond donors (Lipinski definition) is 1. The summed E-state index contributed by atoms with van der Waals surface area (Å²) in [6.07, 6.45) is 7.51. The van der Waals surface area contributed by atoms with Crippen LogP contribution in [0.3, 0.4) is 0 Å². The van der Waals surface area contributed by atoms with Crippen molar-refractivity contribution in [3.05, 3.63) is 24.5 Å². The van der Waals surface area contributed by atoms with Gasteiger partial charge >= 0.3 is 0 Å². The van der Waals surface area contributed by atoms with Gasteiger partial charge in [-0.05, 0) is 38.3 Å². The molecule has 6 nitrogen and oxygen atoms in total. The van der Waals surface area contributed by atoms with Gasteiger partial charge in [0, 0.05) is 12.6 Å². The van der Waals surface area contributed by atoms with Crippen LogP contribution >= 0.6 is 0 Å². The highest BCUT2D eigenvalue weighted by Crippen LogP contribution is 2.28. The van der Waals surface area contributed by atoms with Gasteiger partial charge in [0.2, 0.25) is 11.7 Å². The van der Waals surface area contributed by atoms with Crippen molar-refractivity contribution < 1.29 is 14.0 Å². The highest BCUT2D eigenvalue weighted by molar-refractivity contribution is 5.51. The fourth-order valence-corrected chi connectivity index (χ4v) is 2.26. The summed E-state index contributed by atoms with van der Waals surface area (Å²) in [5.41, 5.74) is 0.832. The van der Waals surface area contributed by atoms with Gasteiger partial charge in [-0.25, -0.2) is 0 Å². The molecule has 0 aliphatic heterocycles. The lowest BCUT2D eigenvalue weighted by molar-refractivity contribution is 0.203.